The van der Waals surface area contributed by atoms with Crippen LogP contribution in [0.15, 0.2) is 29.8 Å². The number of nitrogens with zero attached hydrogens (tertiary/aromatic N) is 4. The van der Waals surface area contributed by atoms with E-state index < -0.39 is 0 Å². The van der Waals surface area contributed by atoms with Crippen molar-refractivity contribution in [1.29, 1.82) is 0 Å². The molecule has 0 aromatic carbocycles. The standard InChI is InChI=1S/C19H27N5OS/c25-19(15-24-18(5-7-21-24)16-3-1-6-20-13-16)23-10-8-22(9-11-23)14-17-4-2-12-26-17/h2,4-5,7,12,16,20H,1,3,6,8-11,13-15H2. The van der Waals surface area contributed by atoms with Gasteiger partial charge in [-0.2, -0.15) is 5.10 Å². The molecular formula is C19H27N5OS. The third-order valence-corrected chi connectivity index (χ3v) is 6.30. The summed E-state index contributed by atoms with van der Waals surface area (Å²) in [5.74, 6) is 0.663. The molecule has 26 heavy (non-hydrogen) atoms. The maximum atomic E-state index is 12.8. The van der Waals surface area contributed by atoms with E-state index >= 15 is 0 Å². The Bertz CT molecular complexity index is 699. The average Bonchev–Trinajstić information content (AvgIpc) is 3.35. The number of hydrogen-bond donors (Lipinski definition) is 1. The predicted octanol–water partition coefficient (Wildman–Crippen LogP) is 1.76. The summed E-state index contributed by atoms with van der Waals surface area (Å²) in [6.07, 6.45) is 4.19. The van der Waals surface area contributed by atoms with Gasteiger partial charge in [-0.25, -0.2) is 0 Å². The van der Waals surface area contributed by atoms with E-state index in [1.54, 1.807) is 11.3 Å². The van der Waals surface area contributed by atoms with Crippen LogP contribution in [0.2, 0.25) is 0 Å². The second-order valence-corrected chi connectivity index (χ2v) is 8.23. The van der Waals surface area contributed by atoms with Gasteiger partial charge in [0.2, 0.25) is 5.91 Å². The molecule has 6 nitrogen and oxygen atoms in total. The van der Waals surface area contributed by atoms with Gasteiger partial charge in [0.25, 0.3) is 0 Å². The number of amides is 1. The molecule has 4 heterocycles. The Kier molecular flexibility index (Phi) is 5.67. The molecule has 7 heteroatoms. The smallest absolute Gasteiger partial charge is 0.244 e. The minimum Gasteiger partial charge on any atom is -0.339 e. The van der Waals surface area contributed by atoms with E-state index in [0.29, 0.717) is 12.5 Å². The number of thiophene rings is 1. The van der Waals surface area contributed by atoms with Crippen molar-refractivity contribution in [3.8, 4) is 0 Å². The number of aromatic nitrogens is 2. The van der Waals surface area contributed by atoms with Crippen LogP contribution in [0.3, 0.4) is 0 Å². The number of hydrogen-bond acceptors (Lipinski definition) is 5. The average molecular weight is 374 g/mol. The lowest BCUT2D eigenvalue weighted by Gasteiger charge is -2.34. The van der Waals surface area contributed by atoms with Crippen molar-refractivity contribution in [2.24, 2.45) is 0 Å². The second kappa shape index (κ2) is 8.33. The summed E-state index contributed by atoms with van der Waals surface area (Å²) >= 11 is 1.80. The van der Waals surface area contributed by atoms with Crippen LogP contribution >= 0.6 is 11.3 Å². The van der Waals surface area contributed by atoms with Crippen LogP contribution in [0, 0.1) is 0 Å². The molecule has 1 unspecified atom stereocenters. The third-order valence-electron chi connectivity index (χ3n) is 5.43. The van der Waals surface area contributed by atoms with Gasteiger partial charge in [0.15, 0.2) is 0 Å². The van der Waals surface area contributed by atoms with Crippen LogP contribution in [-0.2, 0) is 17.9 Å². The van der Waals surface area contributed by atoms with E-state index in [4.69, 9.17) is 0 Å². The molecule has 140 valence electrons. The summed E-state index contributed by atoms with van der Waals surface area (Å²) in [4.78, 5) is 18.6. The van der Waals surface area contributed by atoms with Crippen LogP contribution in [0.4, 0.5) is 0 Å². The van der Waals surface area contributed by atoms with Crippen LogP contribution in [-0.4, -0.2) is 64.8 Å². The number of carbonyl (C=O) groups is 1. The molecule has 0 saturated carbocycles. The zero-order chi connectivity index (χ0) is 17.8. The first-order chi connectivity index (χ1) is 12.8. The van der Waals surface area contributed by atoms with Gasteiger partial charge < -0.3 is 10.2 Å². The first-order valence-electron chi connectivity index (χ1n) is 9.54. The number of carbonyl (C=O) groups excluding carboxylic acids is 1. The Morgan fingerprint density at radius 1 is 1.27 bits per heavy atom. The molecule has 1 atom stereocenters. The lowest BCUT2D eigenvalue weighted by Crippen LogP contribution is -2.49. The van der Waals surface area contributed by atoms with Gasteiger partial charge in [-0.05, 0) is 36.9 Å². The molecular weight excluding hydrogens is 346 g/mol. The van der Waals surface area contributed by atoms with Crippen LogP contribution in [0.5, 0.6) is 0 Å². The van der Waals surface area contributed by atoms with Crippen molar-refractivity contribution in [2.75, 3.05) is 39.3 Å². The van der Waals surface area contributed by atoms with Crippen molar-refractivity contribution in [2.45, 2.75) is 31.8 Å². The minimum absolute atomic E-state index is 0.189. The summed E-state index contributed by atoms with van der Waals surface area (Å²) in [6.45, 7) is 6.96. The molecule has 2 aliphatic rings. The molecule has 0 spiro atoms. The monoisotopic (exact) mass is 373 g/mol. The maximum Gasteiger partial charge on any atom is 0.244 e. The summed E-state index contributed by atoms with van der Waals surface area (Å²) in [6, 6.07) is 6.36. The Labute approximate surface area is 158 Å². The summed E-state index contributed by atoms with van der Waals surface area (Å²) in [7, 11) is 0. The van der Waals surface area contributed by atoms with Crippen molar-refractivity contribution in [3.63, 3.8) is 0 Å². The third kappa shape index (κ3) is 4.16. The maximum absolute atomic E-state index is 12.8. The molecule has 0 aliphatic carbocycles. The topological polar surface area (TPSA) is 53.4 Å². The Morgan fingerprint density at radius 2 is 2.15 bits per heavy atom. The highest BCUT2D eigenvalue weighted by atomic mass is 32.1. The van der Waals surface area contributed by atoms with Crippen molar-refractivity contribution < 1.29 is 4.79 Å². The van der Waals surface area contributed by atoms with Crippen LogP contribution in [0.1, 0.15) is 29.3 Å². The Balaban J connectivity index is 1.30. The molecule has 0 radical (unpaired) electrons. The van der Waals surface area contributed by atoms with E-state index in [1.807, 2.05) is 15.8 Å². The first kappa shape index (κ1) is 17.7. The fraction of sp³-hybridized carbons (Fsp3) is 0.579. The molecule has 2 aliphatic heterocycles. The zero-order valence-corrected chi connectivity index (χ0v) is 16.0. The highest BCUT2D eigenvalue weighted by molar-refractivity contribution is 7.09. The normalized spacial score (nSPS) is 21.8. The lowest BCUT2D eigenvalue weighted by molar-refractivity contribution is -0.133. The fourth-order valence-electron chi connectivity index (χ4n) is 3.93. The molecule has 1 amide bonds. The number of piperidine rings is 1. The van der Waals surface area contributed by atoms with Crippen molar-refractivity contribution in [1.82, 2.24) is 24.9 Å². The molecule has 2 aromatic rings. The van der Waals surface area contributed by atoms with E-state index in [9.17, 15) is 4.79 Å². The largest absolute Gasteiger partial charge is 0.339 e. The quantitative estimate of drug-likeness (QED) is 0.868. The van der Waals surface area contributed by atoms with Gasteiger partial charge >= 0.3 is 0 Å². The van der Waals surface area contributed by atoms with Crippen molar-refractivity contribution in [3.05, 3.63) is 40.3 Å². The second-order valence-electron chi connectivity index (χ2n) is 7.19. The van der Waals surface area contributed by atoms with E-state index in [1.165, 1.54) is 23.4 Å². The predicted molar refractivity (Wildman–Crippen MR) is 103 cm³/mol. The number of rotatable bonds is 5. The molecule has 4 rings (SSSR count). The Hall–Kier alpha value is -1.70. The lowest BCUT2D eigenvalue weighted by atomic mass is 9.96. The zero-order valence-electron chi connectivity index (χ0n) is 15.1. The van der Waals surface area contributed by atoms with E-state index in [2.05, 4.69) is 38.9 Å². The van der Waals surface area contributed by atoms with Crippen LogP contribution in [0.25, 0.3) is 0 Å². The fourth-order valence-corrected chi connectivity index (χ4v) is 4.68. The molecule has 1 N–H and O–H groups in total. The molecule has 2 saturated heterocycles. The van der Waals surface area contributed by atoms with E-state index in [-0.39, 0.29) is 5.91 Å². The highest BCUT2D eigenvalue weighted by Gasteiger charge is 2.24. The number of piperazine rings is 1. The number of nitrogens with one attached hydrogen (secondary N) is 1. The van der Waals surface area contributed by atoms with E-state index in [0.717, 1.165) is 45.8 Å². The molecule has 2 fully saturated rings. The van der Waals surface area contributed by atoms with Gasteiger partial charge in [-0.1, -0.05) is 6.07 Å². The molecule has 2 aromatic heterocycles. The summed E-state index contributed by atoms with van der Waals surface area (Å²) < 4.78 is 1.91. The summed E-state index contributed by atoms with van der Waals surface area (Å²) in [5, 5.41) is 10.00. The SMILES string of the molecule is O=C(Cn1nccc1C1CCCNC1)N1CCN(Cc2cccs2)CC1. The van der Waals surface area contributed by atoms with Gasteiger partial charge in [-0.3, -0.25) is 14.4 Å². The Morgan fingerprint density at radius 3 is 2.88 bits per heavy atom. The van der Waals surface area contributed by atoms with Gasteiger partial charge in [0.05, 0.1) is 0 Å². The molecule has 0 bridgehead atoms. The first-order valence-corrected chi connectivity index (χ1v) is 10.4. The highest BCUT2D eigenvalue weighted by Crippen LogP contribution is 2.23. The van der Waals surface area contributed by atoms with Gasteiger partial charge in [0, 0.05) is 62.0 Å². The van der Waals surface area contributed by atoms with Crippen LogP contribution < -0.4 is 5.32 Å². The van der Waals surface area contributed by atoms with Gasteiger partial charge in [0.1, 0.15) is 6.54 Å². The van der Waals surface area contributed by atoms with Gasteiger partial charge in [-0.15, -0.1) is 11.3 Å². The minimum atomic E-state index is 0.189. The van der Waals surface area contributed by atoms with Crippen molar-refractivity contribution >= 4 is 17.2 Å². The summed E-state index contributed by atoms with van der Waals surface area (Å²) in [5.41, 5.74) is 1.20.